The maximum Gasteiger partial charge on any atom is 0.326 e. The number of ether oxygens (including phenoxy) is 1. The smallest absolute Gasteiger partial charge is 0.326 e. The molecule has 2 N–H and O–H groups in total. The number of hydrogen-bond donors (Lipinski definition) is 2. The normalized spacial score (nSPS) is 24.9. The zero-order valence-electron chi connectivity index (χ0n) is 11.3. The van der Waals surface area contributed by atoms with Crippen molar-refractivity contribution in [2.24, 2.45) is 5.92 Å². The fraction of sp³-hybridized carbons (Fsp3) is 0.833. The first-order chi connectivity index (χ1) is 8.34. The van der Waals surface area contributed by atoms with Crippen molar-refractivity contribution in [1.82, 2.24) is 10.2 Å². The van der Waals surface area contributed by atoms with E-state index in [-0.39, 0.29) is 24.1 Å². The monoisotopic (exact) mass is 258 g/mol. The van der Waals surface area contributed by atoms with E-state index in [4.69, 9.17) is 9.84 Å². The standard InChI is InChI=1S/C12H22N2O4/c1-7(2)10(11(15)16)13-12(17)14(4)9-5-6-18-8(9)3/h7-10H,5-6H2,1-4H3,(H,13,17)(H,15,16). The molecule has 6 heteroatoms. The Morgan fingerprint density at radius 3 is 2.44 bits per heavy atom. The van der Waals surface area contributed by atoms with Crippen molar-refractivity contribution in [3.8, 4) is 0 Å². The van der Waals surface area contributed by atoms with Crippen LogP contribution in [0.25, 0.3) is 0 Å². The predicted octanol–water partition coefficient (Wildman–Crippen LogP) is 0.914. The summed E-state index contributed by atoms with van der Waals surface area (Å²) in [4.78, 5) is 24.6. The molecular formula is C12H22N2O4. The number of carbonyl (C=O) groups excluding carboxylic acids is 1. The van der Waals surface area contributed by atoms with Crippen LogP contribution in [0.4, 0.5) is 4.79 Å². The van der Waals surface area contributed by atoms with Crippen molar-refractivity contribution in [2.45, 2.75) is 45.4 Å². The highest BCUT2D eigenvalue weighted by molar-refractivity contribution is 5.82. The predicted molar refractivity (Wildman–Crippen MR) is 66.4 cm³/mol. The first kappa shape index (κ1) is 14.8. The number of carbonyl (C=O) groups is 2. The van der Waals surface area contributed by atoms with Gasteiger partial charge in [0, 0.05) is 13.7 Å². The van der Waals surface area contributed by atoms with Crippen molar-refractivity contribution in [3.63, 3.8) is 0 Å². The molecule has 1 aliphatic heterocycles. The van der Waals surface area contributed by atoms with Crippen LogP contribution >= 0.6 is 0 Å². The number of amides is 2. The fourth-order valence-electron chi connectivity index (χ4n) is 2.13. The van der Waals surface area contributed by atoms with Crippen molar-refractivity contribution in [3.05, 3.63) is 0 Å². The van der Waals surface area contributed by atoms with E-state index in [1.807, 2.05) is 6.92 Å². The lowest BCUT2D eigenvalue weighted by atomic mass is 10.1. The second-order valence-corrected chi connectivity index (χ2v) is 5.05. The van der Waals surface area contributed by atoms with Crippen LogP contribution in [-0.2, 0) is 9.53 Å². The molecule has 3 unspecified atom stereocenters. The molecule has 0 saturated carbocycles. The summed E-state index contributed by atoms with van der Waals surface area (Å²) in [7, 11) is 1.67. The summed E-state index contributed by atoms with van der Waals surface area (Å²) >= 11 is 0. The molecule has 104 valence electrons. The van der Waals surface area contributed by atoms with E-state index in [0.717, 1.165) is 6.42 Å². The Balaban J connectivity index is 2.61. The summed E-state index contributed by atoms with van der Waals surface area (Å²) in [5, 5.41) is 11.6. The van der Waals surface area contributed by atoms with E-state index >= 15 is 0 Å². The van der Waals surface area contributed by atoms with Gasteiger partial charge in [0.1, 0.15) is 6.04 Å². The number of hydrogen-bond acceptors (Lipinski definition) is 3. The number of nitrogens with zero attached hydrogens (tertiary/aromatic N) is 1. The minimum Gasteiger partial charge on any atom is -0.480 e. The van der Waals surface area contributed by atoms with E-state index in [1.54, 1.807) is 20.9 Å². The summed E-state index contributed by atoms with van der Waals surface area (Å²) in [6, 6.07) is -1.22. The second kappa shape index (κ2) is 6.04. The quantitative estimate of drug-likeness (QED) is 0.785. The number of aliphatic carboxylic acids is 1. The molecule has 18 heavy (non-hydrogen) atoms. The molecule has 1 heterocycles. The summed E-state index contributed by atoms with van der Waals surface area (Å²) in [6.45, 7) is 6.08. The average Bonchev–Trinajstić information content (AvgIpc) is 2.69. The third kappa shape index (κ3) is 3.35. The first-order valence-corrected chi connectivity index (χ1v) is 6.22. The van der Waals surface area contributed by atoms with E-state index in [1.165, 1.54) is 4.90 Å². The maximum absolute atomic E-state index is 12.0. The van der Waals surface area contributed by atoms with Gasteiger partial charge in [0.05, 0.1) is 12.1 Å². The highest BCUT2D eigenvalue weighted by atomic mass is 16.5. The second-order valence-electron chi connectivity index (χ2n) is 5.05. The lowest BCUT2D eigenvalue weighted by molar-refractivity contribution is -0.140. The zero-order chi connectivity index (χ0) is 13.9. The van der Waals surface area contributed by atoms with Crippen LogP contribution in [0.3, 0.4) is 0 Å². The number of carboxylic acids is 1. The third-order valence-electron chi connectivity index (χ3n) is 3.37. The number of carboxylic acid groups (broad SMARTS) is 1. The Labute approximate surface area is 107 Å². The van der Waals surface area contributed by atoms with Crippen LogP contribution < -0.4 is 5.32 Å². The number of urea groups is 1. The van der Waals surface area contributed by atoms with Crippen molar-refractivity contribution in [1.29, 1.82) is 0 Å². The molecule has 1 fully saturated rings. The number of nitrogens with one attached hydrogen (secondary N) is 1. The molecule has 1 rings (SSSR count). The van der Waals surface area contributed by atoms with Gasteiger partial charge in [-0.25, -0.2) is 9.59 Å². The highest BCUT2D eigenvalue weighted by Crippen LogP contribution is 2.18. The van der Waals surface area contributed by atoms with Gasteiger partial charge in [-0.2, -0.15) is 0 Å². The summed E-state index contributed by atoms with van der Waals surface area (Å²) in [5.74, 6) is -1.17. The molecule has 1 aliphatic rings. The minimum atomic E-state index is -1.01. The number of likely N-dealkylation sites (N-methyl/N-ethyl adjacent to an activating group) is 1. The molecule has 3 atom stereocenters. The maximum atomic E-state index is 12.0. The first-order valence-electron chi connectivity index (χ1n) is 6.22. The van der Waals surface area contributed by atoms with Crippen LogP contribution in [0, 0.1) is 5.92 Å². The van der Waals surface area contributed by atoms with E-state index in [2.05, 4.69) is 5.32 Å². The molecule has 0 radical (unpaired) electrons. The highest BCUT2D eigenvalue weighted by Gasteiger charge is 2.32. The fourth-order valence-corrected chi connectivity index (χ4v) is 2.13. The van der Waals surface area contributed by atoms with Crippen LogP contribution in [0.5, 0.6) is 0 Å². The molecule has 0 aliphatic carbocycles. The summed E-state index contributed by atoms with van der Waals surface area (Å²) < 4.78 is 5.40. The third-order valence-corrected chi connectivity index (χ3v) is 3.37. The van der Waals surface area contributed by atoms with Crippen LogP contribution in [0.2, 0.25) is 0 Å². The Hall–Kier alpha value is -1.30. The SMILES string of the molecule is CC(C)C(NC(=O)N(C)C1CCOC1C)C(=O)O. The largest absolute Gasteiger partial charge is 0.480 e. The topological polar surface area (TPSA) is 78.9 Å². The van der Waals surface area contributed by atoms with Gasteiger partial charge in [-0.15, -0.1) is 0 Å². The number of rotatable bonds is 4. The lowest BCUT2D eigenvalue weighted by Gasteiger charge is -2.29. The van der Waals surface area contributed by atoms with Crippen LogP contribution in [-0.4, -0.2) is 53.8 Å². The van der Waals surface area contributed by atoms with Gasteiger partial charge >= 0.3 is 12.0 Å². The molecule has 0 spiro atoms. The van der Waals surface area contributed by atoms with Crippen molar-refractivity contribution < 1.29 is 19.4 Å². The Bertz CT molecular complexity index is 319. The van der Waals surface area contributed by atoms with Crippen LogP contribution in [0.1, 0.15) is 27.2 Å². The van der Waals surface area contributed by atoms with Gasteiger partial charge in [0.25, 0.3) is 0 Å². The lowest BCUT2D eigenvalue weighted by Crippen LogP contribution is -2.52. The summed E-state index contributed by atoms with van der Waals surface area (Å²) in [6.07, 6.45) is 0.771. The van der Waals surface area contributed by atoms with Crippen molar-refractivity contribution >= 4 is 12.0 Å². The average molecular weight is 258 g/mol. The molecule has 2 amide bonds. The van der Waals surface area contributed by atoms with Gasteiger partial charge in [0.2, 0.25) is 0 Å². The summed E-state index contributed by atoms with van der Waals surface area (Å²) in [5.41, 5.74) is 0. The molecule has 0 bridgehead atoms. The van der Waals surface area contributed by atoms with E-state index < -0.39 is 12.0 Å². The van der Waals surface area contributed by atoms with E-state index in [9.17, 15) is 9.59 Å². The molecular weight excluding hydrogens is 236 g/mol. The van der Waals surface area contributed by atoms with Crippen LogP contribution in [0.15, 0.2) is 0 Å². The van der Waals surface area contributed by atoms with Gasteiger partial charge in [-0.05, 0) is 19.3 Å². The van der Waals surface area contributed by atoms with Crippen molar-refractivity contribution in [2.75, 3.05) is 13.7 Å². The zero-order valence-corrected chi connectivity index (χ0v) is 11.3. The minimum absolute atomic E-state index is 0.00612. The van der Waals surface area contributed by atoms with Gasteiger partial charge in [0.15, 0.2) is 0 Å². The van der Waals surface area contributed by atoms with Gasteiger partial charge in [-0.1, -0.05) is 13.8 Å². The molecule has 0 aromatic carbocycles. The Morgan fingerprint density at radius 1 is 1.44 bits per heavy atom. The molecule has 6 nitrogen and oxygen atoms in total. The van der Waals surface area contributed by atoms with Gasteiger partial charge < -0.3 is 20.1 Å². The van der Waals surface area contributed by atoms with E-state index in [0.29, 0.717) is 6.61 Å². The van der Waals surface area contributed by atoms with Gasteiger partial charge in [-0.3, -0.25) is 0 Å². The molecule has 1 saturated heterocycles. The Kier molecular flexibility index (Phi) is 4.95. The Morgan fingerprint density at radius 2 is 2.06 bits per heavy atom. The molecule has 0 aromatic heterocycles. The molecule has 0 aromatic rings.